The summed E-state index contributed by atoms with van der Waals surface area (Å²) in [5, 5.41) is 22.1. The van der Waals surface area contributed by atoms with Crippen molar-refractivity contribution in [1.82, 2.24) is 9.78 Å². The second-order valence-electron chi connectivity index (χ2n) is 4.47. The van der Waals surface area contributed by atoms with Gasteiger partial charge in [-0.1, -0.05) is 12.1 Å². The third-order valence-corrected chi connectivity index (χ3v) is 2.87. The van der Waals surface area contributed by atoms with E-state index in [0.717, 1.165) is 11.1 Å². The summed E-state index contributed by atoms with van der Waals surface area (Å²) in [5.41, 5.74) is 2.05. The van der Waals surface area contributed by atoms with Crippen molar-refractivity contribution in [2.24, 2.45) is 13.0 Å². The Morgan fingerprint density at radius 1 is 1.26 bits per heavy atom. The number of aliphatic hydroxyl groups excluding tert-OH is 2. The lowest BCUT2D eigenvalue weighted by Crippen LogP contribution is -2.19. The maximum Gasteiger partial charge on any atom is 0.119 e. The van der Waals surface area contributed by atoms with Crippen LogP contribution < -0.4 is 4.74 Å². The standard InChI is InChI=1S/C14H18N2O3/c1-16-7-13(6-15-16)12-3-2-4-14(5-12)19-10-11(8-17)9-18/h2-7,11,17-18H,8-10H2,1H3. The lowest BCUT2D eigenvalue weighted by molar-refractivity contribution is 0.106. The maximum absolute atomic E-state index is 8.99. The highest BCUT2D eigenvalue weighted by molar-refractivity contribution is 5.63. The Morgan fingerprint density at radius 2 is 2.05 bits per heavy atom. The van der Waals surface area contributed by atoms with Gasteiger partial charge in [0.15, 0.2) is 0 Å². The van der Waals surface area contributed by atoms with E-state index < -0.39 is 0 Å². The van der Waals surface area contributed by atoms with Crippen molar-refractivity contribution in [1.29, 1.82) is 0 Å². The molecule has 0 bridgehead atoms. The van der Waals surface area contributed by atoms with E-state index in [2.05, 4.69) is 5.10 Å². The first kappa shape index (κ1) is 13.6. The first-order valence-electron chi connectivity index (χ1n) is 6.16. The number of rotatable bonds is 6. The van der Waals surface area contributed by atoms with Gasteiger partial charge in [0, 0.05) is 24.7 Å². The monoisotopic (exact) mass is 262 g/mol. The molecule has 0 aliphatic heterocycles. The van der Waals surface area contributed by atoms with Crippen molar-refractivity contribution in [3.63, 3.8) is 0 Å². The van der Waals surface area contributed by atoms with Crippen LogP contribution in [0.4, 0.5) is 0 Å². The van der Waals surface area contributed by atoms with Crippen molar-refractivity contribution >= 4 is 0 Å². The van der Waals surface area contributed by atoms with Crippen molar-refractivity contribution < 1.29 is 14.9 Å². The quantitative estimate of drug-likeness (QED) is 0.817. The molecule has 5 heteroatoms. The molecular weight excluding hydrogens is 244 g/mol. The van der Waals surface area contributed by atoms with E-state index in [1.54, 1.807) is 10.9 Å². The zero-order valence-electron chi connectivity index (χ0n) is 10.9. The molecule has 1 aromatic heterocycles. The minimum atomic E-state index is -0.248. The third kappa shape index (κ3) is 3.56. The molecule has 0 saturated heterocycles. The van der Waals surface area contributed by atoms with E-state index in [-0.39, 0.29) is 19.1 Å². The number of nitrogens with zero attached hydrogens (tertiary/aromatic N) is 2. The summed E-state index contributed by atoms with van der Waals surface area (Å²) in [4.78, 5) is 0. The second-order valence-corrected chi connectivity index (χ2v) is 4.47. The largest absolute Gasteiger partial charge is 0.493 e. The lowest BCUT2D eigenvalue weighted by atomic mass is 10.1. The fraction of sp³-hybridized carbons (Fsp3) is 0.357. The summed E-state index contributed by atoms with van der Waals surface area (Å²) in [6, 6.07) is 7.67. The van der Waals surface area contributed by atoms with E-state index in [4.69, 9.17) is 14.9 Å². The van der Waals surface area contributed by atoms with Gasteiger partial charge >= 0.3 is 0 Å². The van der Waals surface area contributed by atoms with E-state index in [1.807, 2.05) is 37.5 Å². The van der Waals surface area contributed by atoms with Gasteiger partial charge in [0.05, 0.1) is 26.0 Å². The van der Waals surface area contributed by atoms with Crippen LogP contribution in [0.1, 0.15) is 0 Å². The zero-order chi connectivity index (χ0) is 13.7. The normalized spacial score (nSPS) is 10.9. The number of hydrogen-bond acceptors (Lipinski definition) is 4. The van der Waals surface area contributed by atoms with E-state index in [1.165, 1.54) is 0 Å². The average Bonchev–Trinajstić information content (AvgIpc) is 2.87. The molecule has 0 saturated carbocycles. The summed E-state index contributed by atoms with van der Waals surface area (Å²) < 4.78 is 7.32. The molecule has 1 aromatic carbocycles. The van der Waals surface area contributed by atoms with Crippen LogP contribution in [-0.4, -0.2) is 39.8 Å². The first-order chi connectivity index (χ1) is 9.22. The molecule has 0 amide bonds. The molecule has 2 aromatic rings. The van der Waals surface area contributed by atoms with Crippen molar-refractivity contribution in [3.8, 4) is 16.9 Å². The Balaban J connectivity index is 2.07. The van der Waals surface area contributed by atoms with Gasteiger partial charge in [-0.05, 0) is 17.7 Å². The fourth-order valence-corrected chi connectivity index (χ4v) is 1.71. The number of ether oxygens (including phenoxy) is 1. The topological polar surface area (TPSA) is 67.5 Å². The van der Waals surface area contributed by atoms with Crippen molar-refractivity contribution in [2.45, 2.75) is 0 Å². The third-order valence-electron chi connectivity index (χ3n) is 2.87. The van der Waals surface area contributed by atoms with Crippen LogP contribution in [0.5, 0.6) is 5.75 Å². The molecule has 102 valence electrons. The maximum atomic E-state index is 8.99. The Kier molecular flexibility index (Phi) is 4.54. The van der Waals surface area contributed by atoms with Gasteiger partial charge in [0.25, 0.3) is 0 Å². The molecule has 0 fully saturated rings. The summed E-state index contributed by atoms with van der Waals surface area (Å²) in [5.74, 6) is 0.468. The summed E-state index contributed by atoms with van der Waals surface area (Å²) in [7, 11) is 1.87. The number of aryl methyl sites for hydroxylation is 1. The Morgan fingerprint density at radius 3 is 2.68 bits per heavy atom. The Labute approximate surface area is 112 Å². The lowest BCUT2D eigenvalue weighted by Gasteiger charge is -2.13. The molecule has 0 aliphatic rings. The molecule has 0 spiro atoms. The van der Waals surface area contributed by atoms with Gasteiger partial charge in [-0.15, -0.1) is 0 Å². The highest BCUT2D eigenvalue weighted by Crippen LogP contribution is 2.23. The molecule has 0 radical (unpaired) electrons. The molecular formula is C14H18N2O3. The van der Waals surface area contributed by atoms with Crippen LogP contribution in [0.15, 0.2) is 36.7 Å². The number of benzene rings is 1. The first-order valence-corrected chi connectivity index (χ1v) is 6.16. The van der Waals surface area contributed by atoms with Gasteiger partial charge < -0.3 is 14.9 Å². The molecule has 0 unspecified atom stereocenters. The SMILES string of the molecule is Cn1cc(-c2cccc(OCC(CO)CO)c2)cn1. The van der Waals surface area contributed by atoms with Crippen LogP contribution in [0.25, 0.3) is 11.1 Å². The van der Waals surface area contributed by atoms with E-state index in [9.17, 15) is 0 Å². The predicted molar refractivity (Wildman–Crippen MR) is 71.8 cm³/mol. The summed E-state index contributed by atoms with van der Waals surface area (Å²) in [6.07, 6.45) is 3.73. The van der Waals surface area contributed by atoms with Gasteiger partial charge in [0.2, 0.25) is 0 Å². The average molecular weight is 262 g/mol. The van der Waals surface area contributed by atoms with Crippen LogP contribution >= 0.6 is 0 Å². The number of hydrogen-bond donors (Lipinski definition) is 2. The molecule has 2 rings (SSSR count). The van der Waals surface area contributed by atoms with Crippen molar-refractivity contribution in [3.05, 3.63) is 36.7 Å². The highest BCUT2D eigenvalue weighted by Gasteiger charge is 2.07. The molecule has 5 nitrogen and oxygen atoms in total. The van der Waals surface area contributed by atoms with Gasteiger partial charge in [0.1, 0.15) is 5.75 Å². The smallest absolute Gasteiger partial charge is 0.119 e. The Hall–Kier alpha value is -1.85. The van der Waals surface area contributed by atoms with E-state index >= 15 is 0 Å². The minimum Gasteiger partial charge on any atom is -0.493 e. The fourth-order valence-electron chi connectivity index (χ4n) is 1.71. The second kappa shape index (κ2) is 6.36. The van der Waals surface area contributed by atoms with Crippen LogP contribution in [0.3, 0.4) is 0 Å². The van der Waals surface area contributed by atoms with Crippen LogP contribution in [-0.2, 0) is 7.05 Å². The molecule has 2 N–H and O–H groups in total. The number of aliphatic hydroxyl groups is 2. The Bertz CT molecular complexity index is 521. The summed E-state index contributed by atoms with van der Waals surface area (Å²) >= 11 is 0. The van der Waals surface area contributed by atoms with Gasteiger partial charge in [-0.25, -0.2) is 0 Å². The number of aromatic nitrogens is 2. The molecule has 0 atom stereocenters. The molecule has 1 heterocycles. The highest BCUT2D eigenvalue weighted by atomic mass is 16.5. The molecule has 0 aliphatic carbocycles. The molecule has 19 heavy (non-hydrogen) atoms. The summed E-state index contributed by atoms with van der Waals surface area (Å²) in [6.45, 7) is 0.126. The minimum absolute atomic E-state index is 0.0845. The predicted octanol–water partition coefficient (Wildman–Crippen LogP) is 1.07. The van der Waals surface area contributed by atoms with E-state index in [0.29, 0.717) is 12.4 Å². The van der Waals surface area contributed by atoms with Gasteiger partial charge in [-0.2, -0.15) is 5.10 Å². The van der Waals surface area contributed by atoms with Gasteiger partial charge in [-0.3, -0.25) is 4.68 Å². The zero-order valence-corrected chi connectivity index (χ0v) is 10.9. The van der Waals surface area contributed by atoms with Crippen LogP contribution in [0, 0.1) is 5.92 Å². The van der Waals surface area contributed by atoms with Crippen molar-refractivity contribution in [2.75, 3.05) is 19.8 Å². The van der Waals surface area contributed by atoms with Crippen LogP contribution in [0.2, 0.25) is 0 Å².